The van der Waals surface area contributed by atoms with Gasteiger partial charge in [-0.15, -0.1) is 0 Å². The molecule has 1 aromatic carbocycles. The highest BCUT2D eigenvalue weighted by Gasteiger charge is 2.14. The molecule has 0 saturated carbocycles. The molecule has 6 nitrogen and oxygen atoms in total. The highest BCUT2D eigenvalue weighted by molar-refractivity contribution is 6.33. The molecule has 19 heavy (non-hydrogen) atoms. The summed E-state index contributed by atoms with van der Waals surface area (Å²) in [6.45, 7) is 0. The molecule has 7 heteroatoms. The number of aromatic nitrogens is 4. The van der Waals surface area contributed by atoms with Crippen LogP contribution in [0.1, 0.15) is 0 Å². The van der Waals surface area contributed by atoms with Crippen molar-refractivity contribution in [3.63, 3.8) is 0 Å². The van der Waals surface area contributed by atoms with Crippen LogP contribution >= 0.6 is 11.6 Å². The molecule has 0 spiro atoms. The zero-order valence-corrected chi connectivity index (χ0v) is 10.8. The maximum Gasteiger partial charge on any atom is 0.259 e. The van der Waals surface area contributed by atoms with E-state index in [2.05, 4.69) is 15.2 Å². The summed E-state index contributed by atoms with van der Waals surface area (Å²) in [5, 5.41) is 8.44. The summed E-state index contributed by atoms with van der Waals surface area (Å²) < 4.78 is 6.88. The van der Waals surface area contributed by atoms with Gasteiger partial charge < -0.3 is 10.3 Å². The quantitative estimate of drug-likeness (QED) is 0.726. The van der Waals surface area contributed by atoms with Gasteiger partial charge in [-0.1, -0.05) is 16.8 Å². The monoisotopic (exact) mass is 275 g/mol. The normalized spacial score (nSPS) is 10.8. The number of hydrogen-bond acceptors (Lipinski definition) is 5. The SMILES string of the molecule is Cn1cc(-c2noc(-c3ccc(N)cc3Cl)n2)cn1. The van der Waals surface area contributed by atoms with E-state index < -0.39 is 0 Å². The number of nitrogens with two attached hydrogens (primary N) is 1. The number of nitrogens with zero attached hydrogens (tertiary/aromatic N) is 4. The Hall–Kier alpha value is -2.34. The minimum absolute atomic E-state index is 0.351. The van der Waals surface area contributed by atoms with Crippen LogP contribution in [0.5, 0.6) is 0 Å². The average molecular weight is 276 g/mol. The molecule has 0 aliphatic heterocycles. The van der Waals surface area contributed by atoms with Crippen LogP contribution < -0.4 is 5.73 Å². The summed E-state index contributed by atoms with van der Waals surface area (Å²) in [5.74, 6) is 0.819. The first kappa shape index (κ1) is 11.7. The largest absolute Gasteiger partial charge is 0.399 e. The first-order chi connectivity index (χ1) is 9.13. The third-order valence-electron chi connectivity index (χ3n) is 2.61. The van der Waals surface area contributed by atoms with E-state index in [1.807, 2.05) is 7.05 Å². The van der Waals surface area contributed by atoms with Gasteiger partial charge in [-0.3, -0.25) is 4.68 Å². The van der Waals surface area contributed by atoms with Crippen LogP contribution in [-0.4, -0.2) is 19.9 Å². The van der Waals surface area contributed by atoms with Crippen LogP contribution in [0.3, 0.4) is 0 Å². The van der Waals surface area contributed by atoms with Crippen molar-refractivity contribution in [1.29, 1.82) is 0 Å². The number of benzene rings is 1. The molecule has 0 aliphatic carbocycles. The first-order valence-corrected chi connectivity index (χ1v) is 5.89. The van der Waals surface area contributed by atoms with Gasteiger partial charge in [0.15, 0.2) is 0 Å². The number of hydrogen-bond donors (Lipinski definition) is 1. The molecule has 0 aliphatic rings. The van der Waals surface area contributed by atoms with Gasteiger partial charge >= 0.3 is 0 Å². The highest BCUT2D eigenvalue weighted by atomic mass is 35.5. The number of rotatable bonds is 2. The van der Waals surface area contributed by atoms with Crippen LogP contribution in [0.25, 0.3) is 22.8 Å². The fraction of sp³-hybridized carbons (Fsp3) is 0.0833. The van der Waals surface area contributed by atoms with Gasteiger partial charge in [-0.25, -0.2) is 0 Å². The molecule has 96 valence electrons. The van der Waals surface area contributed by atoms with Gasteiger partial charge in [0.25, 0.3) is 5.89 Å². The van der Waals surface area contributed by atoms with Crippen molar-refractivity contribution in [1.82, 2.24) is 19.9 Å². The lowest BCUT2D eigenvalue weighted by atomic mass is 10.2. The molecule has 0 unspecified atom stereocenters. The van der Waals surface area contributed by atoms with Gasteiger partial charge in [-0.05, 0) is 18.2 Å². The van der Waals surface area contributed by atoms with E-state index in [9.17, 15) is 0 Å². The second-order valence-corrected chi connectivity index (χ2v) is 4.47. The zero-order valence-electron chi connectivity index (χ0n) is 10.0. The number of nitrogen functional groups attached to an aromatic ring is 1. The maximum atomic E-state index is 6.10. The van der Waals surface area contributed by atoms with Crippen molar-refractivity contribution in [3.05, 3.63) is 35.6 Å². The number of halogens is 1. The molecule has 2 heterocycles. The fourth-order valence-electron chi connectivity index (χ4n) is 1.69. The standard InChI is InChI=1S/C12H10ClN5O/c1-18-6-7(5-15-18)11-16-12(19-17-11)9-3-2-8(14)4-10(9)13/h2-6H,14H2,1H3. The fourth-order valence-corrected chi connectivity index (χ4v) is 1.96. The first-order valence-electron chi connectivity index (χ1n) is 5.51. The van der Waals surface area contributed by atoms with E-state index in [0.717, 1.165) is 5.56 Å². The Bertz CT molecular complexity index is 733. The van der Waals surface area contributed by atoms with Gasteiger partial charge in [0, 0.05) is 18.9 Å². The summed E-state index contributed by atoms with van der Waals surface area (Å²) in [4.78, 5) is 4.30. The summed E-state index contributed by atoms with van der Waals surface area (Å²) >= 11 is 6.10. The van der Waals surface area contributed by atoms with E-state index in [1.165, 1.54) is 0 Å². The van der Waals surface area contributed by atoms with E-state index in [4.69, 9.17) is 21.9 Å². The Morgan fingerprint density at radius 3 is 2.89 bits per heavy atom. The minimum Gasteiger partial charge on any atom is -0.399 e. The molecule has 0 amide bonds. The molecule has 3 rings (SSSR count). The summed E-state index contributed by atoms with van der Waals surface area (Å²) in [5.41, 5.74) is 7.66. The Morgan fingerprint density at radius 1 is 1.37 bits per heavy atom. The lowest BCUT2D eigenvalue weighted by molar-refractivity contribution is 0.432. The van der Waals surface area contributed by atoms with Crippen molar-refractivity contribution >= 4 is 17.3 Å². The molecule has 2 aromatic heterocycles. The maximum absolute atomic E-state index is 6.10. The second-order valence-electron chi connectivity index (χ2n) is 4.07. The Morgan fingerprint density at radius 2 is 2.21 bits per heavy atom. The average Bonchev–Trinajstić information content (AvgIpc) is 2.97. The van der Waals surface area contributed by atoms with Crippen LogP contribution in [0.15, 0.2) is 35.1 Å². The van der Waals surface area contributed by atoms with Crippen molar-refractivity contribution < 1.29 is 4.52 Å². The van der Waals surface area contributed by atoms with Gasteiger partial charge in [0.1, 0.15) is 0 Å². The lowest BCUT2D eigenvalue weighted by Crippen LogP contribution is -1.86. The molecule has 0 atom stereocenters. The molecule has 0 radical (unpaired) electrons. The van der Waals surface area contributed by atoms with E-state index in [-0.39, 0.29) is 0 Å². The number of anilines is 1. The van der Waals surface area contributed by atoms with Gasteiger partial charge in [-0.2, -0.15) is 10.1 Å². The topological polar surface area (TPSA) is 82.8 Å². The Labute approximate surface area is 113 Å². The van der Waals surface area contributed by atoms with E-state index in [0.29, 0.717) is 28.0 Å². The molecular weight excluding hydrogens is 266 g/mol. The molecule has 2 N–H and O–H groups in total. The molecular formula is C12H10ClN5O. The van der Waals surface area contributed by atoms with Crippen LogP contribution in [0, 0.1) is 0 Å². The molecule has 0 fully saturated rings. The van der Waals surface area contributed by atoms with Crippen LogP contribution in [0.4, 0.5) is 5.69 Å². The molecule has 0 saturated heterocycles. The number of aryl methyl sites for hydroxylation is 1. The van der Waals surface area contributed by atoms with Crippen LogP contribution in [0.2, 0.25) is 5.02 Å². The van der Waals surface area contributed by atoms with Gasteiger partial charge in [0.05, 0.1) is 22.3 Å². The predicted molar refractivity (Wildman–Crippen MR) is 71.4 cm³/mol. The van der Waals surface area contributed by atoms with Gasteiger partial charge in [0.2, 0.25) is 5.82 Å². The van der Waals surface area contributed by atoms with Crippen molar-refractivity contribution in [2.24, 2.45) is 7.05 Å². The van der Waals surface area contributed by atoms with E-state index >= 15 is 0 Å². The van der Waals surface area contributed by atoms with Crippen molar-refractivity contribution in [3.8, 4) is 22.8 Å². The Kier molecular flexibility index (Phi) is 2.72. The minimum atomic E-state index is 0.351. The van der Waals surface area contributed by atoms with Crippen LogP contribution in [-0.2, 0) is 7.05 Å². The van der Waals surface area contributed by atoms with E-state index in [1.54, 1.807) is 35.3 Å². The summed E-state index contributed by atoms with van der Waals surface area (Å²) in [7, 11) is 1.82. The third kappa shape index (κ3) is 2.17. The summed E-state index contributed by atoms with van der Waals surface area (Å²) in [6.07, 6.45) is 3.47. The zero-order chi connectivity index (χ0) is 13.4. The molecule has 3 aromatic rings. The summed E-state index contributed by atoms with van der Waals surface area (Å²) in [6, 6.07) is 5.12. The molecule has 0 bridgehead atoms. The third-order valence-corrected chi connectivity index (χ3v) is 2.93. The predicted octanol–water partition coefficient (Wildman–Crippen LogP) is 2.37. The highest BCUT2D eigenvalue weighted by Crippen LogP contribution is 2.29. The Balaban J connectivity index is 2.01. The second kappa shape index (κ2) is 4.40. The lowest BCUT2D eigenvalue weighted by Gasteiger charge is -1.99. The van der Waals surface area contributed by atoms with Crippen molar-refractivity contribution in [2.75, 3.05) is 5.73 Å². The van der Waals surface area contributed by atoms with Crippen molar-refractivity contribution in [2.45, 2.75) is 0 Å². The smallest absolute Gasteiger partial charge is 0.259 e.